The predicted molar refractivity (Wildman–Crippen MR) is 69.1 cm³/mol. The van der Waals surface area contributed by atoms with Crippen LogP contribution in [0.2, 0.25) is 0 Å². The van der Waals surface area contributed by atoms with E-state index in [9.17, 15) is 5.11 Å². The minimum absolute atomic E-state index is 0.411. The van der Waals surface area contributed by atoms with Crippen LogP contribution < -0.4 is 5.32 Å². The lowest BCUT2D eigenvalue weighted by molar-refractivity contribution is 0.469. The van der Waals surface area contributed by atoms with Gasteiger partial charge in [0.15, 0.2) is 0 Å². The van der Waals surface area contributed by atoms with Crippen molar-refractivity contribution in [2.75, 3.05) is 13.1 Å². The molecule has 2 N–H and O–H groups in total. The van der Waals surface area contributed by atoms with E-state index in [0.717, 1.165) is 25.1 Å². The second-order valence-corrected chi connectivity index (χ2v) is 4.36. The van der Waals surface area contributed by atoms with Gasteiger partial charge >= 0.3 is 0 Å². The first-order chi connectivity index (χ1) is 7.66. The summed E-state index contributed by atoms with van der Waals surface area (Å²) in [5.74, 6) is 0.411. The summed E-state index contributed by atoms with van der Waals surface area (Å²) >= 11 is 0. The van der Waals surface area contributed by atoms with Crippen molar-refractivity contribution in [2.24, 2.45) is 0 Å². The molecular weight excluding hydrogens is 198 g/mol. The minimum Gasteiger partial charge on any atom is -0.508 e. The van der Waals surface area contributed by atoms with E-state index in [1.807, 2.05) is 13.0 Å². The van der Waals surface area contributed by atoms with Crippen molar-refractivity contribution in [3.8, 4) is 5.75 Å². The van der Waals surface area contributed by atoms with E-state index in [4.69, 9.17) is 0 Å². The number of nitrogens with one attached hydrogen (secondary N) is 1. The van der Waals surface area contributed by atoms with Crippen molar-refractivity contribution in [2.45, 2.75) is 40.0 Å². The molecule has 0 saturated carbocycles. The van der Waals surface area contributed by atoms with Gasteiger partial charge in [-0.15, -0.1) is 0 Å². The second kappa shape index (κ2) is 6.54. The highest BCUT2D eigenvalue weighted by Gasteiger charge is 2.05. The molecular formula is C14H23NO. The highest BCUT2D eigenvalue weighted by Crippen LogP contribution is 2.23. The van der Waals surface area contributed by atoms with Gasteiger partial charge in [-0.25, -0.2) is 0 Å². The molecule has 1 aromatic rings. The largest absolute Gasteiger partial charge is 0.508 e. The molecule has 0 unspecified atom stereocenters. The van der Waals surface area contributed by atoms with Crippen LogP contribution in [0.3, 0.4) is 0 Å². The molecule has 0 amide bonds. The summed E-state index contributed by atoms with van der Waals surface area (Å²) in [5, 5.41) is 13.1. The Balaban J connectivity index is 2.50. The van der Waals surface area contributed by atoms with Gasteiger partial charge in [0.2, 0.25) is 0 Å². The van der Waals surface area contributed by atoms with Crippen LogP contribution in [0.5, 0.6) is 5.75 Å². The number of benzene rings is 1. The molecule has 0 aromatic heterocycles. The quantitative estimate of drug-likeness (QED) is 0.724. The first-order valence-corrected chi connectivity index (χ1v) is 6.15. The van der Waals surface area contributed by atoms with Gasteiger partial charge in [-0.05, 0) is 62.5 Å². The number of hydrogen-bond donors (Lipinski definition) is 2. The zero-order chi connectivity index (χ0) is 12.0. The van der Waals surface area contributed by atoms with E-state index in [1.165, 1.54) is 24.0 Å². The summed E-state index contributed by atoms with van der Waals surface area (Å²) in [6.45, 7) is 8.38. The predicted octanol–water partition coefficient (Wildman–Crippen LogP) is 2.94. The summed E-state index contributed by atoms with van der Waals surface area (Å²) < 4.78 is 0. The van der Waals surface area contributed by atoms with Gasteiger partial charge in [-0.1, -0.05) is 19.4 Å². The molecule has 2 heteroatoms. The Morgan fingerprint density at radius 1 is 1.19 bits per heavy atom. The molecule has 0 spiro atoms. The van der Waals surface area contributed by atoms with Crippen LogP contribution in [0, 0.1) is 13.8 Å². The van der Waals surface area contributed by atoms with Crippen molar-refractivity contribution in [3.63, 3.8) is 0 Å². The molecule has 2 nitrogen and oxygen atoms in total. The van der Waals surface area contributed by atoms with E-state index in [-0.39, 0.29) is 0 Å². The number of unbranched alkanes of at least 4 members (excludes halogenated alkanes) is 1. The summed E-state index contributed by atoms with van der Waals surface area (Å²) in [6, 6.07) is 3.77. The van der Waals surface area contributed by atoms with Crippen LogP contribution in [-0.4, -0.2) is 18.2 Å². The Morgan fingerprint density at radius 2 is 1.94 bits per heavy atom. The lowest BCUT2D eigenvalue weighted by Gasteiger charge is -2.11. The van der Waals surface area contributed by atoms with Gasteiger partial charge in [0, 0.05) is 0 Å². The number of aryl methyl sites for hydroxylation is 1. The van der Waals surface area contributed by atoms with E-state index >= 15 is 0 Å². The lowest BCUT2D eigenvalue weighted by atomic mass is 9.99. The maximum absolute atomic E-state index is 9.64. The number of hydrogen-bond acceptors (Lipinski definition) is 2. The van der Waals surface area contributed by atoms with Crippen LogP contribution in [-0.2, 0) is 6.42 Å². The number of phenols is 1. The van der Waals surface area contributed by atoms with Crippen LogP contribution in [0.25, 0.3) is 0 Å². The molecule has 0 saturated heterocycles. The molecule has 16 heavy (non-hydrogen) atoms. The maximum atomic E-state index is 9.64. The average Bonchev–Trinajstić information content (AvgIpc) is 2.28. The van der Waals surface area contributed by atoms with Gasteiger partial charge in [0.25, 0.3) is 0 Å². The third-order valence-electron chi connectivity index (χ3n) is 3.06. The standard InChI is InChI=1S/C14H23NO/c1-4-5-9-15-10-8-13-11(2)6-7-14(16)12(13)3/h6-7,15-16H,4-5,8-10H2,1-3H3. The SMILES string of the molecule is CCCCNCCc1c(C)ccc(O)c1C. The van der Waals surface area contributed by atoms with Crippen molar-refractivity contribution < 1.29 is 5.11 Å². The average molecular weight is 221 g/mol. The molecule has 0 fully saturated rings. The molecule has 1 aromatic carbocycles. The summed E-state index contributed by atoms with van der Waals surface area (Å²) in [5.41, 5.74) is 3.58. The molecule has 0 atom stereocenters. The van der Waals surface area contributed by atoms with Gasteiger partial charge < -0.3 is 10.4 Å². The third kappa shape index (κ3) is 3.53. The van der Waals surface area contributed by atoms with Crippen LogP contribution in [0.1, 0.15) is 36.5 Å². The van der Waals surface area contributed by atoms with E-state index in [1.54, 1.807) is 6.07 Å². The zero-order valence-corrected chi connectivity index (χ0v) is 10.6. The van der Waals surface area contributed by atoms with Crippen LogP contribution >= 0.6 is 0 Å². The van der Waals surface area contributed by atoms with Gasteiger partial charge in [0.05, 0.1) is 0 Å². The van der Waals surface area contributed by atoms with Gasteiger partial charge in [-0.3, -0.25) is 0 Å². The molecule has 0 bridgehead atoms. The highest BCUT2D eigenvalue weighted by atomic mass is 16.3. The van der Waals surface area contributed by atoms with Crippen LogP contribution in [0.4, 0.5) is 0 Å². The Morgan fingerprint density at radius 3 is 2.62 bits per heavy atom. The summed E-state index contributed by atoms with van der Waals surface area (Å²) in [7, 11) is 0. The normalized spacial score (nSPS) is 10.7. The lowest BCUT2D eigenvalue weighted by Crippen LogP contribution is -2.19. The molecule has 0 aliphatic carbocycles. The Hall–Kier alpha value is -1.02. The number of phenolic OH excluding ortho intramolecular Hbond substituents is 1. The van der Waals surface area contributed by atoms with E-state index in [2.05, 4.69) is 19.2 Å². The fourth-order valence-corrected chi connectivity index (χ4v) is 1.90. The Kier molecular flexibility index (Phi) is 5.33. The first-order valence-electron chi connectivity index (χ1n) is 6.15. The molecule has 0 heterocycles. The zero-order valence-electron chi connectivity index (χ0n) is 10.6. The van der Waals surface area contributed by atoms with Crippen molar-refractivity contribution in [1.82, 2.24) is 5.32 Å². The Bertz CT molecular complexity index is 334. The number of aromatic hydroxyl groups is 1. The van der Waals surface area contributed by atoms with Gasteiger partial charge in [0.1, 0.15) is 5.75 Å². The summed E-state index contributed by atoms with van der Waals surface area (Å²) in [4.78, 5) is 0. The van der Waals surface area contributed by atoms with Crippen molar-refractivity contribution >= 4 is 0 Å². The van der Waals surface area contributed by atoms with Crippen LogP contribution in [0.15, 0.2) is 12.1 Å². The minimum atomic E-state index is 0.411. The summed E-state index contributed by atoms with van der Waals surface area (Å²) in [6.07, 6.45) is 3.46. The highest BCUT2D eigenvalue weighted by molar-refractivity contribution is 5.43. The molecule has 0 radical (unpaired) electrons. The fraction of sp³-hybridized carbons (Fsp3) is 0.571. The first kappa shape index (κ1) is 13.0. The second-order valence-electron chi connectivity index (χ2n) is 4.36. The molecule has 90 valence electrons. The van der Waals surface area contributed by atoms with E-state index < -0.39 is 0 Å². The number of rotatable bonds is 6. The smallest absolute Gasteiger partial charge is 0.118 e. The van der Waals surface area contributed by atoms with Gasteiger partial charge in [-0.2, -0.15) is 0 Å². The molecule has 0 aliphatic rings. The van der Waals surface area contributed by atoms with E-state index in [0.29, 0.717) is 5.75 Å². The van der Waals surface area contributed by atoms with Crippen molar-refractivity contribution in [1.29, 1.82) is 0 Å². The molecule has 0 aliphatic heterocycles. The monoisotopic (exact) mass is 221 g/mol. The Labute approximate surface area is 98.7 Å². The molecule has 1 rings (SSSR count). The topological polar surface area (TPSA) is 32.3 Å². The fourth-order valence-electron chi connectivity index (χ4n) is 1.90. The maximum Gasteiger partial charge on any atom is 0.118 e. The van der Waals surface area contributed by atoms with Crippen molar-refractivity contribution in [3.05, 3.63) is 28.8 Å². The third-order valence-corrected chi connectivity index (χ3v) is 3.06.